The minimum atomic E-state index is -0.409. The summed E-state index contributed by atoms with van der Waals surface area (Å²) in [4.78, 5) is 29.2. The number of hydrogen-bond donors (Lipinski definition) is 3. The van der Waals surface area contributed by atoms with E-state index < -0.39 is 6.04 Å². The number of carbonyl (C=O) groups excluding carboxylic acids is 2. The lowest BCUT2D eigenvalue weighted by Crippen LogP contribution is -2.31. The number of nitrogens with one attached hydrogen (secondary N) is 2. The molecule has 19 heavy (non-hydrogen) atoms. The van der Waals surface area contributed by atoms with E-state index in [4.69, 9.17) is 5.84 Å². The van der Waals surface area contributed by atoms with Gasteiger partial charge in [-0.25, -0.2) is 15.6 Å². The average Bonchev–Trinajstić information content (AvgIpc) is 2.67. The Labute approximate surface area is 111 Å². The molecule has 1 saturated heterocycles. The monoisotopic (exact) mass is 263 g/mol. The summed E-state index contributed by atoms with van der Waals surface area (Å²) in [5.41, 5.74) is 3.04. The quantitative estimate of drug-likeness (QED) is 0.410. The number of carbonyl (C=O) groups is 2. The van der Waals surface area contributed by atoms with Gasteiger partial charge in [0.25, 0.3) is 5.91 Å². The third kappa shape index (κ3) is 2.82. The summed E-state index contributed by atoms with van der Waals surface area (Å²) in [5.74, 6) is 5.57. The first-order valence-corrected chi connectivity index (χ1v) is 6.20. The Bertz CT molecular complexity index is 491. The number of nitrogen functional groups attached to an aromatic ring is 1. The molecule has 1 aliphatic heterocycles. The predicted octanol–water partition coefficient (Wildman–Crippen LogP) is 0.588. The Hall–Kier alpha value is -2.15. The maximum atomic E-state index is 12.0. The Kier molecular flexibility index (Phi) is 3.96. The zero-order valence-corrected chi connectivity index (χ0v) is 10.7. The van der Waals surface area contributed by atoms with E-state index in [0.29, 0.717) is 17.9 Å². The first kappa shape index (κ1) is 13.3. The summed E-state index contributed by atoms with van der Waals surface area (Å²) in [6.45, 7) is 2.13. The minimum Gasteiger partial charge on any atom is -0.326 e. The van der Waals surface area contributed by atoms with E-state index in [-0.39, 0.29) is 18.5 Å². The molecule has 7 heteroatoms. The van der Waals surface area contributed by atoms with Gasteiger partial charge in [-0.05, 0) is 18.6 Å². The number of pyridine rings is 1. The van der Waals surface area contributed by atoms with Gasteiger partial charge in [-0.15, -0.1) is 0 Å². The second-order valence-electron chi connectivity index (χ2n) is 4.37. The van der Waals surface area contributed by atoms with Crippen LogP contribution in [0.2, 0.25) is 0 Å². The van der Waals surface area contributed by atoms with Gasteiger partial charge >= 0.3 is 6.03 Å². The molecule has 1 unspecified atom stereocenters. The molecular weight excluding hydrogens is 246 g/mol. The number of rotatable bonds is 5. The first-order valence-electron chi connectivity index (χ1n) is 6.20. The summed E-state index contributed by atoms with van der Waals surface area (Å²) in [5, 5.41) is 2.67. The van der Waals surface area contributed by atoms with Crippen LogP contribution in [-0.4, -0.2) is 27.9 Å². The maximum Gasteiger partial charge on any atom is 0.325 e. The molecule has 2 rings (SSSR count). The lowest BCUT2D eigenvalue weighted by Gasteiger charge is -2.12. The minimum absolute atomic E-state index is 0.153. The maximum absolute atomic E-state index is 12.0. The second kappa shape index (κ2) is 5.66. The fourth-order valence-corrected chi connectivity index (χ4v) is 2.02. The van der Waals surface area contributed by atoms with Gasteiger partial charge in [0, 0.05) is 0 Å². The van der Waals surface area contributed by atoms with Crippen molar-refractivity contribution in [1.82, 2.24) is 15.2 Å². The number of imide groups is 1. The van der Waals surface area contributed by atoms with Crippen LogP contribution in [0.1, 0.15) is 25.5 Å². The van der Waals surface area contributed by atoms with E-state index in [1.165, 1.54) is 4.90 Å². The van der Waals surface area contributed by atoms with Crippen LogP contribution in [0.3, 0.4) is 0 Å². The number of anilines is 1. The lowest BCUT2D eigenvalue weighted by molar-refractivity contribution is -0.128. The topological polar surface area (TPSA) is 100 Å². The van der Waals surface area contributed by atoms with Crippen LogP contribution in [0.5, 0.6) is 0 Å². The van der Waals surface area contributed by atoms with Crippen molar-refractivity contribution in [2.75, 3.05) is 5.43 Å². The highest BCUT2D eigenvalue weighted by atomic mass is 16.2. The molecule has 1 aromatic rings. The summed E-state index contributed by atoms with van der Waals surface area (Å²) < 4.78 is 0. The molecule has 3 amide bonds. The van der Waals surface area contributed by atoms with Crippen LogP contribution in [0, 0.1) is 0 Å². The number of urea groups is 1. The van der Waals surface area contributed by atoms with Crippen molar-refractivity contribution in [3.8, 4) is 0 Å². The number of nitrogens with two attached hydrogens (primary N) is 1. The van der Waals surface area contributed by atoms with E-state index in [0.717, 1.165) is 6.42 Å². The third-order valence-corrected chi connectivity index (χ3v) is 2.96. The molecule has 7 nitrogen and oxygen atoms in total. The van der Waals surface area contributed by atoms with Gasteiger partial charge in [0.1, 0.15) is 11.9 Å². The second-order valence-corrected chi connectivity index (χ2v) is 4.37. The van der Waals surface area contributed by atoms with Gasteiger partial charge in [-0.2, -0.15) is 0 Å². The Balaban J connectivity index is 2.10. The molecule has 2 heterocycles. The largest absolute Gasteiger partial charge is 0.326 e. The zero-order valence-electron chi connectivity index (χ0n) is 10.7. The SMILES string of the molecule is CCCC1NC(=O)N(Cc2cccc(NN)n2)C1=O. The molecule has 0 radical (unpaired) electrons. The van der Waals surface area contributed by atoms with Crippen molar-refractivity contribution in [1.29, 1.82) is 0 Å². The van der Waals surface area contributed by atoms with Gasteiger partial charge in [-0.3, -0.25) is 9.69 Å². The molecule has 0 aliphatic carbocycles. The number of aromatic nitrogens is 1. The number of nitrogens with zero attached hydrogens (tertiary/aromatic N) is 2. The predicted molar refractivity (Wildman–Crippen MR) is 69.8 cm³/mol. The molecule has 1 atom stereocenters. The fraction of sp³-hybridized carbons (Fsp3) is 0.417. The van der Waals surface area contributed by atoms with E-state index in [1.54, 1.807) is 18.2 Å². The number of amides is 3. The standard InChI is InChI=1S/C12H17N5O2/c1-2-4-9-11(18)17(12(19)15-9)7-8-5-3-6-10(14-8)16-13/h3,5-6,9H,2,4,7,13H2,1H3,(H,14,16)(H,15,19). The van der Waals surface area contributed by atoms with Crippen LogP contribution in [0.4, 0.5) is 10.6 Å². The van der Waals surface area contributed by atoms with E-state index in [9.17, 15) is 9.59 Å². The summed E-state index contributed by atoms with van der Waals surface area (Å²) in [6.07, 6.45) is 1.49. The Morgan fingerprint density at radius 2 is 2.26 bits per heavy atom. The van der Waals surface area contributed by atoms with Crippen LogP contribution >= 0.6 is 0 Å². The molecule has 0 aromatic carbocycles. The van der Waals surface area contributed by atoms with Gasteiger partial charge in [0.15, 0.2) is 0 Å². The molecular formula is C12H17N5O2. The zero-order chi connectivity index (χ0) is 13.8. The normalized spacial score (nSPS) is 18.6. The van der Waals surface area contributed by atoms with Gasteiger partial charge in [0.05, 0.1) is 12.2 Å². The summed E-state index contributed by atoms with van der Waals surface area (Å²) in [6, 6.07) is 4.44. The highest BCUT2D eigenvalue weighted by molar-refractivity contribution is 6.04. The van der Waals surface area contributed by atoms with Crippen molar-refractivity contribution in [3.05, 3.63) is 23.9 Å². The van der Waals surface area contributed by atoms with E-state index in [1.807, 2.05) is 6.92 Å². The molecule has 0 spiro atoms. The molecule has 0 saturated carbocycles. The van der Waals surface area contributed by atoms with Crippen molar-refractivity contribution in [2.45, 2.75) is 32.4 Å². The van der Waals surface area contributed by atoms with Gasteiger partial charge in [0.2, 0.25) is 0 Å². The molecule has 102 valence electrons. The van der Waals surface area contributed by atoms with Crippen LogP contribution in [0.15, 0.2) is 18.2 Å². The van der Waals surface area contributed by atoms with Crippen LogP contribution in [-0.2, 0) is 11.3 Å². The fourth-order valence-electron chi connectivity index (χ4n) is 2.02. The highest BCUT2D eigenvalue weighted by Crippen LogP contribution is 2.14. The average molecular weight is 263 g/mol. The van der Waals surface area contributed by atoms with Crippen molar-refractivity contribution < 1.29 is 9.59 Å². The summed E-state index contributed by atoms with van der Waals surface area (Å²) >= 11 is 0. The van der Waals surface area contributed by atoms with Gasteiger partial charge < -0.3 is 10.7 Å². The number of hydrazine groups is 1. The smallest absolute Gasteiger partial charge is 0.325 e. The molecule has 1 fully saturated rings. The third-order valence-electron chi connectivity index (χ3n) is 2.96. The van der Waals surface area contributed by atoms with Crippen molar-refractivity contribution in [3.63, 3.8) is 0 Å². The molecule has 4 N–H and O–H groups in total. The molecule has 1 aromatic heterocycles. The molecule has 1 aliphatic rings. The molecule has 0 bridgehead atoms. The lowest BCUT2D eigenvalue weighted by atomic mass is 10.1. The van der Waals surface area contributed by atoms with Crippen molar-refractivity contribution >= 4 is 17.8 Å². The van der Waals surface area contributed by atoms with E-state index >= 15 is 0 Å². The Morgan fingerprint density at radius 3 is 2.95 bits per heavy atom. The number of hydrogen-bond acceptors (Lipinski definition) is 5. The van der Waals surface area contributed by atoms with Crippen LogP contribution < -0.4 is 16.6 Å². The van der Waals surface area contributed by atoms with Gasteiger partial charge in [-0.1, -0.05) is 19.4 Å². The van der Waals surface area contributed by atoms with E-state index in [2.05, 4.69) is 15.7 Å². The van der Waals surface area contributed by atoms with Crippen LogP contribution in [0.25, 0.3) is 0 Å². The first-order chi connectivity index (χ1) is 9.15. The highest BCUT2D eigenvalue weighted by Gasteiger charge is 2.37. The Morgan fingerprint density at radius 1 is 1.47 bits per heavy atom. The summed E-state index contributed by atoms with van der Waals surface area (Å²) in [7, 11) is 0. The van der Waals surface area contributed by atoms with Crippen molar-refractivity contribution in [2.24, 2.45) is 5.84 Å².